The molecule has 0 aliphatic carbocycles. The van der Waals surface area contributed by atoms with Crippen LogP contribution in [0.2, 0.25) is 5.02 Å². The SMILES string of the molecule is COc1cc(Cl)ccc1CCCC#N. The fraction of sp³-hybridized carbons (Fsp3) is 0.364. The maximum absolute atomic E-state index is 8.41. The summed E-state index contributed by atoms with van der Waals surface area (Å²) >= 11 is 5.82. The van der Waals surface area contributed by atoms with E-state index in [0.717, 1.165) is 24.2 Å². The highest BCUT2D eigenvalue weighted by atomic mass is 35.5. The number of unbranched alkanes of at least 4 members (excludes halogenated alkanes) is 1. The summed E-state index contributed by atoms with van der Waals surface area (Å²) in [6, 6.07) is 7.70. The number of methoxy groups -OCH3 is 1. The zero-order valence-electron chi connectivity index (χ0n) is 8.09. The van der Waals surface area contributed by atoms with Gasteiger partial charge in [-0.3, -0.25) is 0 Å². The van der Waals surface area contributed by atoms with Gasteiger partial charge in [-0.15, -0.1) is 0 Å². The van der Waals surface area contributed by atoms with E-state index in [1.807, 2.05) is 12.1 Å². The molecular formula is C11H12ClNO. The van der Waals surface area contributed by atoms with Crippen molar-refractivity contribution in [3.8, 4) is 11.8 Å². The maximum Gasteiger partial charge on any atom is 0.123 e. The minimum absolute atomic E-state index is 0.575. The highest BCUT2D eigenvalue weighted by Crippen LogP contribution is 2.24. The molecule has 0 amide bonds. The molecule has 0 saturated heterocycles. The van der Waals surface area contributed by atoms with E-state index in [1.165, 1.54) is 0 Å². The van der Waals surface area contributed by atoms with E-state index < -0.39 is 0 Å². The average Bonchev–Trinajstić information content (AvgIpc) is 2.20. The molecule has 1 aromatic rings. The highest BCUT2D eigenvalue weighted by Gasteiger charge is 2.02. The van der Waals surface area contributed by atoms with Crippen molar-refractivity contribution in [2.24, 2.45) is 0 Å². The molecule has 3 heteroatoms. The van der Waals surface area contributed by atoms with Crippen LogP contribution in [0.4, 0.5) is 0 Å². The monoisotopic (exact) mass is 209 g/mol. The number of hydrogen-bond acceptors (Lipinski definition) is 2. The van der Waals surface area contributed by atoms with Gasteiger partial charge in [-0.25, -0.2) is 0 Å². The third-order valence-electron chi connectivity index (χ3n) is 1.98. The first kappa shape index (κ1) is 10.9. The zero-order valence-corrected chi connectivity index (χ0v) is 8.84. The normalized spacial score (nSPS) is 9.50. The van der Waals surface area contributed by atoms with Gasteiger partial charge >= 0.3 is 0 Å². The van der Waals surface area contributed by atoms with Gasteiger partial charge in [0.15, 0.2) is 0 Å². The minimum atomic E-state index is 0.575. The average molecular weight is 210 g/mol. The van der Waals surface area contributed by atoms with Gasteiger partial charge < -0.3 is 4.74 Å². The van der Waals surface area contributed by atoms with Crippen LogP contribution in [0, 0.1) is 11.3 Å². The van der Waals surface area contributed by atoms with Gasteiger partial charge in [0.05, 0.1) is 13.2 Å². The molecule has 2 nitrogen and oxygen atoms in total. The molecule has 0 aliphatic heterocycles. The summed E-state index contributed by atoms with van der Waals surface area (Å²) in [5.74, 6) is 0.801. The molecule has 1 rings (SSSR count). The fourth-order valence-corrected chi connectivity index (χ4v) is 1.44. The van der Waals surface area contributed by atoms with E-state index in [9.17, 15) is 0 Å². The molecule has 0 fully saturated rings. The van der Waals surface area contributed by atoms with Gasteiger partial charge in [0, 0.05) is 11.4 Å². The molecule has 74 valence electrons. The van der Waals surface area contributed by atoms with Gasteiger partial charge in [0.2, 0.25) is 0 Å². The summed E-state index contributed by atoms with van der Waals surface area (Å²) in [6.07, 6.45) is 2.29. The van der Waals surface area contributed by atoms with Crippen molar-refractivity contribution >= 4 is 11.6 Å². The molecule has 0 saturated carbocycles. The quantitative estimate of drug-likeness (QED) is 0.714. The van der Waals surface area contributed by atoms with Crippen LogP contribution in [0.1, 0.15) is 18.4 Å². The molecule has 0 heterocycles. The van der Waals surface area contributed by atoms with Crippen LogP contribution in [0.15, 0.2) is 18.2 Å². The van der Waals surface area contributed by atoms with E-state index in [2.05, 4.69) is 6.07 Å². The van der Waals surface area contributed by atoms with Crippen LogP contribution in [0.5, 0.6) is 5.75 Å². The molecule has 14 heavy (non-hydrogen) atoms. The lowest BCUT2D eigenvalue weighted by molar-refractivity contribution is 0.409. The van der Waals surface area contributed by atoms with Crippen molar-refractivity contribution in [2.45, 2.75) is 19.3 Å². The van der Waals surface area contributed by atoms with Crippen LogP contribution in [0.3, 0.4) is 0 Å². The first-order chi connectivity index (χ1) is 6.77. The number of ether oxygens (including phenoxy) is 1. The number of nitrogens with zero attached hydrogens (tertiary/aromatic N) is 1. The Hall–Kier alpha value is -1.20. The third kappa shape index (κ3) is 2.93. The van der Waals surface area contributed by atoms with E-state index >= 15 is 0 Å². The van der Waals surface area contributed by atoms with E-state index in [1.54, 1.807) is 13.2 Å². The lowest BCUT2D eigenvalue weighted by Gasteiger charge is -2.07. The second-order valence-electron chi connectivity index (χ2n) is 2.97. The van der Waals surface area contributed by atoms with E-state index in [-0.39, 0.29) is 0 Å². The third-order valence-corrected chi connectivity index (χ3v) is 2.22. The molecule has 1 aromatic carbocycles. The van der Waals surface area contributed by atoms with Crippen molar-refractivity contribution in [3.05, 3.63) is 28.8 Å². The largest absolute Gasteiger partial charge is 0.496 e. The van der Waals surface area contributed by atoms with Crippen LogP contribution < -0.4 is 4.74 Å². The van der Waals surface area contributed by atoms with Crippen LogP contribution in [-0.2, 0) is 6.42 Å². The van der Waals surface area contributed by atoms with Gasteiger partial charge in [0.25, 0.3) is 0 Å². The van der Waals surface area contributed by atoms with Gasteiger partial charge in [-0.2, -0.15) is 5.26 Å². The Morgan fingerprint density at radius 2 is 2.29 bits per heavy atom. The Kier molecular flexibility index (Phi) is 4.28. The molecule has 0 unspecified atom stereocenters. The highest BCUT2D eigenvalue weighted by molar-refractivity contribution is 6.30. The number of aryl methyl sites for hydroxylation is 1. The summed E-state index contributed by atoms with van der Waals surface area (Å²) in [5, 5.41) is 9.08. The van der Waals surface area contributed by atoms with E-state index in [4.69, 9.17) is 21.6 Å². The van der Waals surface area contributed by atoms with Crippen molar-refractivity contribution in [1.82, 2.24) is 0 Å². The molecule has 0 atom stereocenters. The maximum atomic E-state index is 8.41. The standard InChI is InChI=1S/C11H12ClNO/c1-14-11-8-10(12)6-5-9(11)4-2-3-7-13/h5-6,8H,2-4H2,1H3. The second kappa shape index (κ2) is 5.51. The second-order valence-corrected chi connectivity index (χ2v) is 3.40. The summed E-state index contributed by atoms with van der Waals surface area (Å²) in [6.45, 7) is 0. The van der Waals surface area contributed by atoms with Crippen LogP contribution >= 0.6 is 11.6 Å². The lowest BCUT2D eigenvalue weighted by Crippen LogP contribution is -1.92. The first-order valence-corrected chi connectivity index (χ1v) is 4.85. The van der Waals surface area contributed by atoms with Crippen LogP contribution in [0.25, 0.3) is 0 Å². The molecule has 0 bridgehead atoms. The topological polar surface area (TPSA) is 33.0 Å². The zero-order chi connectivity index (χ0) is 10.4. The molecule has 0 spiro atoms. The minimum Gasteiger partial charge on any atom is -0.496 e. The molecule has 0 N–H and O–H groups in total. The summed E-state index contributed by atoms with van der Waals surface area (Å²) in [7, 11) is 1.62. The lowest BCUT2D eigenvalue weighted by atomic mass is 10.1. The number of rotatable bonds is 4. The summed E-state index contributed by atoms with van der Waals surface area (Å²) in [5.41, 5.74) is 1.10. The number of hydrogen-bond donors (Lipinski definition) is 0. The fourth-order valence-electron chi connectivity index (χ4n) is 1.28. The smallest absolute Gasteiger partial charge is 0.123 e. The van der Waals surface area contributed by atoms with Crippen molar-refractivity contribution in [3.63, 3.8) is 0 Å². The predicted molar refractivity (Wildman–Crippen MR) is 56.6 cm³/mol. The van der Waals surface area contributed by atoms with Gasteiger partial charge in [-0.05, 0) is 30.5 Å². The van der Waals surface area contributed by atoms with Crippen molar-refractivity contribution < 1.29 is 4.74 Å². The Morgan fingerprint density at radius 1 is 1.50 bits per heavy atom. The molecular weight excluding hydrogens is 198 g/mol. The first-order valence-electron chi connectivity index (χ1n) is 4.47. The molecule has 0 radical (unpaired) electrons. The summed E-state index contributed by atoms with van der Waals surface area (Å²) < 4.78 is 5.19. The van der Waals surface area contributed by atoms with Gasteiger partial charge in [0.1, 0.15) is 5.75 Å². The number of halogens is 1. The van der Waals surface area contributed by atoms with E-state index in [0.29, 0.717) is 11.4 Å². The summed E-state index contributed by atoms with van der Waals surface area (Å²) in [4.78, 5) is 0. The van der Waals surface area contributed by atoms with Crippen LogP contribution in [-0.4, -0.2) is 7.11 Å². The predicted octanol–water partition coefficient (Wildman–Crippen LogP) is 3.19. The number of nitriles is 1. The number of benzene rings is 1. The Bertz CT molecular complexity index is 344. The Balaban J connectivity index is 2.71. The Morgan fingerprint density at radius 3 is 2.93 bits per heavy atom. The molecule has 0 aliphatic rings. The Labute approximate surface area is 89.1 Å². The van der Waals surface area contributed by atoms with Crippen molar-refractivity contribution in [2.75, 3.05) is 7.11 Å². The van der Waals surface area contributed by atoms with Gasteiger partial charge in [-0.1, -0.05) is 17.7 Å². The van der Waals surface area contributed by atoms with Crippen molar-refractivity contribution in [1.29, 1.82) is 5.26 Å². The molecule has 0 aromatic heterocycles.